The first-order valence-electron chi connectivity index (χ1n) is 6.51. The van der Waals surface area contributed by atoms with Gasteiger partial charge >= 0.3 is 0 Å². The molecule has 0 aliphatic carbocycles. The molecule has 0 bridgehead atoms. The molecule has 2 aromatic heterocycles. The number of anilines is 1. The molecule has 3 rings (SSSR count). The van der Waals surface area contributed by atoms with Gasteiger partial charge in [0, 0.05) is 24.2 Å². The highest BCUT2D eigenvalue weighted by Crippen LogP contribution is 2.18. The van der Waals surface area contributed by atoms with Crippen LogP contribution in [0.2, 0.25) is 0 Å². The molecule has 1 amide bonds. The van der Waals surface area contributed by atoms with Crippen LogP contribution in [0.5, 0.6) is 0 Å². The van der Waals surface area contributed by atoms with Crippen LogP contribution in [-0.4, -0.2) is 27.8 Å². The number of methoxy groups -OCH3 is 1. The van der Waals surface area contributed by atoms with E-state index in [0.29, 0.717) is 16.7 Å². The quantitative estimate of drug-likeness (QED) is 0.784. The largest absolute Gasteiger partial charge is 0.377 e. The summed E-state index contributed by atoms with van der Waals surface area (Å²) < 4.78 is 19.8. The van der Waals surface area contributed by atoms with E-state index in [4.69, 9.17) is 4.74 Å². The molecular weight excluding hydrogens is 307 g/mol. The smallest absolute Gasteiger partial charge is 0.246 e. The standard InChI is InChI=1S/C14H13FN4O2S/c1-21-8-13-17-18-14(22-13)16-12(20)7-19-5-4-9-6-10(15)2-3-11(9)19/h2-6H,7-8H2,1H3,(H,16,18,20). The number of amides is 1. The lowest BCUT2D eigenvalue weighted by Crippen LogP contribution is -2.18. The van der Waals surface area contributed by atoms with Crippen molar-refractivity contribution in [1.82, 2.24) is 14.8 Å². The number of nitrogens with one attached hydrogen (secondary N) is 1. The molecular formula is C14H13FN4O2S. The van der Waals surface area contributed by atoms with E-state index in [0.717, 1.165) is 10.9 Å². The van der Waals surface area contributed by atoms with E-state index in [-0.39, 0.29) is 18.3 Å². The molecule has 0 aliphatic rings. The van der Waals surface area contributed by atoms with E-state index in [9.17, 15) is 9.18 Å². The van der Waals surface area contributed by atoms with Crippen molar-refractivity contribution in [3.8, 4) is 0 Å². The number of hydrogen-bond acceptors (Lipinski definition) is 5. The minimum absolute atomic E-state index is 0.119. The Morgan fingerprint density at radius 3 is 3.09 bits per heavy atom. The summed E-state index contributed by atoms with van der Waals surface area (Å²) in [6.45, 7) is 0.482. The number of fused-ring (bicyclic) bond motifs is 1. The van der Waals surface area contributed by atoms with Gasteiger partial charge in [-0.3, -0.25) is 10.1 Å². The molecule has 114 valence electrons. The summed E-state index contributed by atoms with van der Waals surface area (Å²) in [5.41, 5.74) is 0.800. The molecule has 22 heavy (non-hydrogen) atoms. The molecule has 0 spiro atoms. The van der Waals surface area contributed by atoms with Crippen LogP contribution in [0.3, 0.4) is 0 Å². The maximum Gasteiger partial charge on any atom is 0.246 e. The first-order chi connectivity index (χ1) is 10.7. The van der Waals surface area contributed by atoms with E-state index in [1.165, 1.54) is 23.5 Å². The molecule has 2 heterocycles. The fourth-order valence-corrected chi connectivity index (χ4v) is 2.84. The van der Waals surface area contributed by atoms with Crippen molar-refractivity contribution in [1.29, 1.82) is 0 Å². The van der Waals surface area contributed by atoms with Crippen molar-refractivity contribution < 1.29 is 13.9 Å². The van der Waals surface area contributed by atoms with Crippen LogP contribution in [0.4, 0.5) is 9.52 Å². The van der Waals surface area contributed by atoms with Gasteiger partial charge in [0.15, 0.2) is 0 Å². The van der Waals surface area contributed by atoms with Gasteiger partial charge in [0.1, 0.15) is 24.0 Å². The van der Waals surface area contributed by atoms with Crippen LogP contribution < -0.4 is 5.32 Å². The number of ether oxygens (including phenoxy) is 1. The van der Waals surface area contributed by atoms with Crippen LogP contribution in [-0.2, 0) is 22.7 Å². The number of hydrogen-bond donors (Lipinski definition) is 1. The Morgan fingerprint density at radius 1 is 1.41 bits per heavy atom. The molecule has 1 N–H and O–H groups in total. The molecule has 0 fully saturated rings. The lowest BCUT2D eigenvalue weighted by Gasteiger charge is -2.05. The maximum atomic E-state index is 13.1. The van der Waals surface area contributed by atoms with Crippen molar-refractivity contribution >= 4 is 33.3 Å². The second kappa shape index (κ2) is 6.20. The maximum absolute atomic E-state index is 13.1. The number of carbonyl (C=O) groups excluding carboxylic acids is 1. The Labute approximate surface area is 129 Å². The number of rotatable bonds is 5. The van der Waals surface area contributed by atoms with Crippen molar-refractivity contribution in [2.45, 2.75) is 13.2 Å². The van der Waals surface area contributed by atoms with Crippen molar-refractivity contribution in [3.05, 3.63) is 41.3 Å². The Bertz CT molecular complexity index is 814. The van der Waals surface area contributed by atoms with E-state index >= 15 is 0 Å². The molecule has 6 nitrogen and oxygen atoms in total. The Hall–Kier alpha value is -2.32. The first kappa shape index (κ1) is 14.6. The Balaban J connectivity index is 1.70. The van der Waals surface area contributed by atoms with Crippen LogP contribution in [0, 0.1) is 5.82 Å². The van der Waals surface area contributed by atoms with Gasteiger partial charge in [-0.25, -0.2) is 4.39 Å². The molecule has 0 unspecified atom stereocenters. The highest BCUT2D eigenvalue weighted by Gasteiger charge is 2.10. The van der Waals surface area contributed by atoms with E-state index in [2.05, 4.69) is 15.5 Å². The zero-order chi connectivity index (χ0) is 15.5. The predicted octanol–water partition coefficient (Wildman–Crippen LogP) is 2.42. The molecule has 0 aliphatic heterocycles. The number of aromatic nitrogens is 3. The lowest BCUT2D eigenvalue weighted by atomic mass is 10.2. The van der Waals surface area contributed by atoms with Crippen LogP contribution in [0.1, 0.15) is 5.01 Å². The zero-order valence-electron chi connectivity index (χ0n) is 11.7. The topological polar surface area (TPSA) is 69.0 Å². The van der Waals surface area contributed by atoms with Gasteiger partial charge in [0.2, 0.25) is 11.0 Å². The summed E-state index contributed by atoms with van der Waals surface area (Å²) in [5.74, 6) is -0.517. The fourth-order valence-electron chi connectivity index (χ4n) is 2.11. The van der Waals surface area contributed by atoms with Crippen molar-refractivity contribution in [2.75, 3.05) is 12.4 Å². The zero-order valence-corrected chi connectivity index (χ0v) is 12.6. The first-order valence-corrected chi connectivity index (χ1v) is 7.33. The summed E-state index contributed by atoms with van der Waals surface area (Å²) in [6.07, 6.45) is 1.75. The van der Waals surface area contributed by atoms with Gasteiger partial charge in [-0.1, -0.05) is 11.3 Å². The van der Waals surface area contributed by atoms with Crippen LogP contribution >= 0.6 is 11.3 Å². The predicted molar refractivity (Wildman–Crippen MR) is 81.1 cm³/mol. The van der Waals surface area contributed by atoms with E-state index in [1.54, 1.807) is 30.0 Å². The van der Waals surface area contributed by atoms with Crippen LogP contribution in [0.15, 0.2) is 30.5 Å². The molecule has 1 aromatic carbocycles. The molecule has 0 radical (unpaired) electrons. The molecule has 0 saturated carbocycles. The summed E-state index contributed by atoms with van der Waals surface area (Å²) in [5, 5.41) is 12.3. The van der Waals surface area contributed by atoms with Crippen molar-refractivity contribution in [3.63, 3.8) is 0 Å². The number of nitrogens with zero attached hydrogens (tertiary/aromatic N) is 3. The highest BCUT2D eigenvalue weighted by molar-refractivity contribution is 7.15. The van der Waals surface area contributed by atoms with Crippen LogP contribution in [0.25, 0.3) is 10.9 Å². The normalized spacial score (nSPS) is 11.0. The molecule has 0 saturated heterocycles. The van der Waals surface area contributed by atoms with Gasteiger partial charge in [-0.2, -0.15) is 0 Å². The highest BCUT2D eigenvalue weighted by atomic mass is 32.1. The lowest BCUT2D eigenvalue weighted by molar-refractivity contribution is -0.116. The van der Waals surface area contributed by atoms with Gasteiger partial charge in [0.25, 0.3) is 0 Å². The summed E-state index contributed by atoms with van der Waals surface area (Å²) >= 11 is 1.27. The third-order valence-corrected chi connectivity index (χ3v) is 3.84. The average Bonchev–Trinajstić information content (AvgIpc) is 3.07. The second-order valence-electron chi connectivity index (χ2n) is 4.63. The van der Waals surface area contributed by atoms with E-state index < -0.39 is 0 Å². The van der Waals surface area contributed by atoms with Gasteiger partial charge < -0.3 is 9.30 Å². The van der Waals surface area contributed by atoms with Gasteiger partial charge in [0.05, 0.1) is 0 Å². The summed E-state index contributed by atoms with van der Waals surface area (Å²) in [7, 11) is 1.57. The average molecular weight is 320 g/mol. The number of benzene rings is 1. The monoisotopic (exact) mass is 320 g/mol. The molecule has 3 aromatic rings. The second-order valence-corrected chi connectivity index (χ2v) is 5.69. The Kier molecular flexibility index (Phi) is 4.12. The number of carbonyl (C=O) groups is 1. The van der Waals surface area contributed by atoms with E-state index in [1.807, 2.05) is 0 Å². The molecule has 0 atom stereocenters. The summed E-state index contributed by atoms with van der Waals surface area (Å²) in [4.78, 5) is 12.1. The SMILES string of the molecule is COCc1nnc(NC(=O)Cn2ccc3cc(F)ccc32)s1. The minimum Gasteiger partial charge on any atom is -0.377 e. The molecule has 8 heteroatoms. The third-order valence-electron chi connectivity index (χ3n) is 3.03. The Morgan fingerprint density at radius 2 is 2.27 bits per heavy atom. The summed E-state index contributed by atoms with van der Waals surface area (Å²) in [6, 6.07) is 6.23. The minimum atomic E-state index is -0.297. The third kappa shape index (κ3) is 3.12. The fraction of sp³-hybridized carbons (Fsp3) is 0.214. The number of halogens is 1. The van der Waals surface area contributed by atoms with Gasteiger partial charge in [-0.15, -0.1) is 10.2 Å². The van der Waals surface area contributed by atoms with Gasteiger partial charge in [-0.05, 0) is 24.3 Å². The van der Waals surface area contributed by atoms with Crippen molar-refractivity contribution in [2.24, 2.45) is 0 Å².